The van der Waals surface area contributed by atoms with Crippen LogP contribution >= 0.6 is 58.0 Å². The molecule has 3 aromatic rings. The fourth-order valence-corrected chi connectivity index (χ4v) is 5.31. The minimum Gasteiger partial charge on any atom is -0.326 e. The Morgan fingerprint density at radius 3 is 2.17 bits per heavy atom. The van der Waals surface area contributed by atoms with Crippen LogP contribution in [-0.2, 0) is 11.0 Å². The Hall–Kier alpha value is -2.16. The Bertz CT molecular complexity index is 1340. The van der Waals surface area contributed by atoms with Crippen molar-refractivity contribution in [1.29, 1.82) is 0 Å². The lowest BCUT2D eigenvalue weighted by atomic mass is 10.1. The Morgan fingerprint density at radius 2 is 1.53 bits per heavy atom. The minimum atomic E-state index is -4.60. The molecule has 0 heterocycles. The summed E-state index contributed by atoms with van der Waals surface area (Å²) in [7, 11) is 0. The first-order chi connectivity index (χ1) is 16.8. The van der Waals surface area contributed by atoms with Crippen molar-refractivity contribution in [2.45, 2.75) is 16.4 Å². The number of carbonyl (C=O) groups excluding carboxylic acids is 2. The van der Waals surface area contributed by atoms with Gasteiger partial charge in [-0.1, -0.05) is 40.9 Å². The lowest BCUT2D eigenvalue weighted by molar-refractivity contribution is -0.137. The molecular weight excluding hydrogens is 583 g/mol. The zero-order valence-electron chi connectivity index (χ0n) is 17.8. The van der Waals surface area contributed by atoms with E-state index >= 15 is 0 Å². The highest BCUT2D eigenvalue weighted by Crippen LogP contribution is 2.65. The van der Waals surface area contributed by atoms with Crippen LogP contribution in [0.15, 0.2) is 60.7 Å². The molecule has 1 fully saturated rings. The van der Waals surface area contributed by atoms with Gasteiger partial charge >= 0.3 is 6.18 Å². The van der Waals surface area contributed by atoms with Gasteiger partial charge in [0.1, 0.15) is 4.33 Å². The van der Waals surface area contributed by atoms with Crippen LogP contribution < -0.4 is 10.6 Å². The summed E-state index contributed by atoms with van der Waals surface area (Å²) in [6.45, 7) is 0. The molecule has 188 valence electrons. The van der Waals surface area contributed by atoms with Crippen molar-refractivity contribution in [3.8, 4) is 0 Å². The summed E-state index contributed by atoms with van der Waals surface area (Å²) in [5, 5.41) is 5.96. The van der Waals surface area contributed by atoms with Crippen molar-refractivity contribution in [1.82, 2.24) is 0 Å². The third kappa shape index (κ3) is 5.71. The SMILES string of the molecule is O=C(Nc1cc(NC(=O)C2C(c3cc(Cl)cc(Cl)c3)C2(Cl)Cl)ccc1Cl)c1cccc(C(F)(F)F)c1. The van der Waals surface area contributed by atoms with Gasteiger partial charge < -0.3 is 10.6 Å². The molecule has 0 aliphatic heterocycles. The second kappa shape index (κ2) is 9.95. The van der Waals surface area contributed by atoms with E-state index in [4.69, 9.17) is 58.0 Å². The number of rotatable bonds is 5. The van der Waals surface area contributed by atoms with Crippen LogP contribution in [0.25, 0.3) is 0 Å². The standard InChI is InChI=1S/C24H14Cl5F3N2O2/c25-14-7-12(8-15(26)9-14)19-20(23(19,28)29)22(36)33-16-4-5-17(27)18(10-16)34-21(35)11-2-1-3-13(6-11)24(30,31)32/h1-10,19-20H,(H,33,36)(H,34,35). The molecule has 0 aromatic heterocycles. The van der Waals surface area contributed by atoms with Crippen LogP contribution in [0, 0.1) is 5.92 Å². The van der Waals surface area contributed by atoms with Gasteiger partial charge in [-0.2, -0.15) is 13.2 Å². The topological polar surface area (TPSA) is 58.2 Å². The van der Waals surface area contributed by atoms with Gasteiger partial charge in [-0.3, -0.25) is 9.59 Å². The van der Waals surface area contributed by atoms with Crippen LogP contribution in [0.1, 0.15) is 27.4 Å². The van der Waals surface area contributed by atoms with E-state index in [9.17, 15) is 22.8 Å². The molecule has 0 saturated heterocycles. The number of amides is 2. The number of carbonyl (C=O) groups is 2. The van der Waals surface area contributed by atoms with E-state index in [1.54, 1.807) is 12.1 Å². The fourth-order valence-electron chi connectivity index (χ4n) is 3.77. The molecule has 2 unspecified atom stereocenters. The van der Waals surface area contributed by atoms with Gasteiger partial charge in [-0.25, -0.2) is 0 Å². The predicted molar refractivity (Wildman–Crippen MR) is 137 cm³/mol. The van der Waals surface area contributed by atoms with Crippen molar-refractivity contribution in [2.75, 3.05) is 10.6 Å². The van der Waals surface area contributed by atoms with Gasteiger partial charge in [0, 0.05) is 27.2 Å². The molecule has 0 spiro atoms. The first-order valence-electron chi connectivity index (χ1n) is 10.2. The summed E-state index contributed by atoms with van der Waals surface area (Å²) in [6, 6.07) is 13.0. The zero-order chi connectivity index (χ0) is 26.4. The second-order valence-corrected chi connectivity index (χ2v) is 10.8. The lowest BCUT2D eigenvalue weighted by Crippen LogP contribution is -2.18. The Balaban J connectivity index is 1.50. The molecule has 3 aromatic carbocycles. The van der Waals surface area contributed by atoms with Crippen molar-refractivity contribution in [2.24, 2.45) is 5.92 Å². The summed E-state index contributed by atoms with van der Waals surface area (Å²) >= 11 is 31.0. The van der Waals surface area contributed by atoms with Crippen molar-refractivity contribution < 1.29 is 22.8 Å². The number of benzene rings is 3. The molecule has 2 N–H and O–H groups in total. The molecule has 0 bridgehead atoms. The molecule has 4 nitrogen and oxygen atoms in total. The van der Waals surface area contributed by atoms with Crippen molar-refractivity contribution >= 4 is 81.2 Å². The monoisotopic (exact) mass is 594 g/mol. The highest BCUT2D eigenvalue weighted by molar-refractivity contribution is 6.53. The molecule has 36 heavy (non-hydrogen) atoms. The third-order valence-electron chi connectivity index (χ3n) is 5.51. The quantitative estimate of drug-likeness (QED) is 0.291. The third-order valence-corrected chi connectivity index (χ3v) is 7.22. The maximum atomic E-state index is 13.0. The van der Waals surface area contributed by atoms with Crippen LogP contribution in [0.2, 0.25) is 15.1 Å². The molecule has 1 aliphatic carbocycles. The number of alkyl halides is 5. The van der Waals surface area contributed by atoms with E-state index in [1.807, 2.05) is 0 Å². The number of anilines is 2. The second-order valence-electron chi connectivity index (χ2n) is 8.05. The van der Waals surface area contributed by atoms with E-state index in [-0.39, 0.29) is 22.0 Å². The first kappa shape index (κ1) is 26.9. The van der Waals surface area contributed by atoms with Gasteiger partial charge in [0.05, 0.1) is 22.2 Å². The highest BCUT2D eigenvalue weighted by atomic mass is 35.5. The van der Waals surface area contributed by atoms with E-state index in [0.29, 0.717) is 15.6 Å². The summed E-state index contributed by atoms with van der Waals surface area (Å²) in [5.41, 5.74) is -0.252. The number of hydrogen-bond acceptors (Lipinski definition) is 2. The van der Waals surface area contributed by atoms with Crippen LogP contribution in [-0.4, -0.2) is 16.1 Å². The average molecular weight is 597 g/mol. The maximum Gasteiger partial charge on any atom is 0.416 e. The van der Waals surface area contributed by atoms with Gasteiger partial charge in [0.25, 0.3) is 5.91 Å². The average Bonchev–Trinajstić information content (AvgIpc) is 3.37. The van der Waals surface area contributed by atoms with Crippen LogP contribution in [0.5, 0.6) is 0 Å². The van der Waals surface area contributed by atoms with E-state index in [2.05, 4.69) is 10.6 Å². The summed E-state index contributed by atoms with van der Waals surface area (Å²) in [4.78, 5) is 25.5. The minimum absolute atomic E-state index is 0.0776. The number of hydrogen-bond donors (Lipinski definition) is 2. The summed E-state index contributed by atoms with van der Waals surface area (Å²) in [6.07, 6.45) is -4.60. The molecule has 0 radical (unpaired) electrons. The van der Waals surface area contributed by atoms with Crippen molar-refractivity contribution in [3.05, 3.63) is 92.4 Å². The van der Waals surface area contributed by atoms with Crippen LogP contribution in [0.3, 0.4) is 0 Å². The van der Waals surface area contributed by atoms with E-state index < -0.39 is 39.7 Å². The maximum absolute atomic E-state index is 13.0. The Kier molecular flexibility index (Phi) is 7.43. The molecule has 12 heteroatoms. The summed E-state index contributed by atoms with van der Waals surface area (Å²) < 4.78 is 37.5. The van der Waals surface area contributed by atoms with Crippen LogP contribution in [0.4, 0.5) is 24.5 Å². The normalized spacial score (nSPS) is 18.4. The predicted octanol–water partition coefficient (Wildman–Crippen LogP) is 8.44. The molecule has 1 saturated carbocycles. The van der Waals surface area contributed by atoms with Gasteiger partial charge in [-0.15, -0.1) is 23.2 Å². The van der Waals surface area contributed by atoms with Gasteiger partial charge in [0.2, 0.25) is 5.91 Å². The lowest BCUT2D eigenvalue weighted by Gasteiger charge is -2.12. The molecular formula is C24H14Cl5F3N2O2. The van der Waals surface area contributed by atoms with Crippen molar-refractivity contribution in [3.63, 3.8) is 0 Å². The molecule has 1 aliphatic rings. The Labute approximate surface area is 228 Å². The summed E-state index contributed by atoms with van der Waals surface area (Å²) in [5.74, 6) is -2.70. The fraction of sp³-hybridized carbons (Fsp3) is 0.167. The van der Waals surface area contributed by atoms with Gasteiger partial charge in [0.15, 0.2) is 0 Å². The molecule has 2 amide bonds. The highest BCUT2D eigenvalue weighted by Gasteiger charge is 2.67. The first-order valence-corrected chi connectivity index (χ1v) is 12.1. The van der Waals surface area contributed by atoms with E-state index in [1.165, 1.54) is 30.3 Å². The number of halogens is 8. The zero-order valence-corrected chi connectivity index (χ0v) is 21.5. The molecule has 4 rings (SSSR count). The van der Waals surface area contributed by atoms with E-state index in [0.717, 1.165) is 18.2 Å². The number of nitrogens with one attached hydrogen (secondary N) is 2. The Morgan fingerprint density at radius 1 is 0.861 bits per heavy atom. The van der Waals surface area contributed by atoms with Gasteiger partial charge in [-0.05, 0) is 60.2 Å². The molecule has 2 atom stereocenters. The largest absolute Gasteiger partial charge is 0.416 e. The smallest absolute Gasteiger partial charge is 0.326 e.